The minimum Gasteiger partial charge on any atom is -0.466 e. The lowest BCUT2D eigenvalue weighted by Gasteiger charge is -2.23. The number of carbonyl (C=O) groups excluding carboxylic acids is 1. The third-order valence-electron chi connectivity index (χ3n) is 3.07. The quantitative estimate of drug-likeness (QED) is 0.715. The number of esters is 1. The Balaban J connectivity index is 2.28. The zero-order valence-electron chi connectivity index (χ0n) is 10.5. The van der Waals surface area contributed by atoms with E-state index < -0.39 is 6.10 Å². The van der Waals surface area contributed by atoms with Crippen molar-refractivity contribution in [2.75, 3.05) is 19.7 Å². The summed E-state index contributed by atoms with van der Waals surface area (Å²) >= 11 is 0. The largest absolute Gasteiger partial charge is 0.466 e. The van der Waals surface area contributed by atoms with E-state index in [0.29, 0.717) is 25.1 Å². The lowest BCUT2D eigenvalue weighted by molar-refractivity contribution is -0.145. The van der Waals surface area contributed by atoms with Crippen molar-refractivity contribution in [2.24, 2.45) is 5.92 Å². The van der Waals surface area contributed by atoms with Crippen LogP contribution in [0.5, 0.6) is 0 Å². The summed E-state index contributed by atoms with van der Waals surface area (Å²) in [6.07, 6.45) is 0.671. The number of likely N-dealkylation sites (tertiary alicyclic amines) is 1. The van der Waals surface area contributed by atoms with Gasteiger partial charge < -0.3 is 9.84 Å². The van der Waals surface area contributed by atoms with Crippen LogP contribution in [-0.2, 0) is 9.53 Å². The van der Waals surface area contributed by atoms with Crippen molar-refractivity contribution in [2.45, 2.75) is 45.8 Å². The third kappa shape index (κ3) is 4.10. The van der Waals surface area contributed by atoms with Crippen molar-refractivity contribution in [3.63, 3.8) is 0 Å². The number of hydrogen-bond acceptors (Lipinski definition) is 4. The number of nitrogens with zero attached hydrogens (tertiary/aromatic N) is 1. The highest BCUT2D eigenvalue weighted by Crippen LogP contribution is 2.22. The first-order valence-electron chi connectivity index (χ1n) is 6.10. The number of aliphatic hydroxyl groups excluding tert-OH is 1. The molecule has 1 heterocycles. The second-order valence-electron chi connectivity index (χ2n) is 4.81. The van der Waals surface area contributed by atoms with Crippen LogP contribution in [0.25, 0.3) is 0 Å². The van der Waals surface area contributed by atoms with Crippen molar-refractivity contribution < 1.29 is 14.6 Å². The number of rotatable bonds is 5. The van der Waals surface area contributed by atoms with Gasteiger partial charge in [0.05, 0.1) is 19.1 Å². The molecule has 16 heavy (non-hydrogen) atoms. The monoisotopic (exact) mass is 229 g/mol. The third-order valence-corrected chi connectivity index (χ3v) is 3.07. The van der Waals surface area contributed by atoms with E-state index in [2.05, 4.69) is 18.7 Å². The normalized spacial score (nSPS) is 28.0. The minimum atomic E-state index is -0.605. The molecule has 3 atom stereocenters. The minimum absolute atomic E-state index is 0.103. The van der Waals surface area contributed by atoms with Crippen LogP contribution in [0.1, 0.15) is 33.6 Å². The van der Waals surface area contributed by atoms with Crippen LogP contribution >= 0.6 is 0 Å². The molecule has 0 aromatic carbocycles. The molecule has 1 saturated heterocycles. The van der Waals surface area contributed by atoms with Crippen LogP contribution in [0.4, 0.5) is 0 Å². The molecule has 4 heteroatoms. The SMILES string of the molecule is CCOC(=O)CC(O)CN1CC(C)CC1C. The van der Waals surface area contributed by atoms with Gasteiger partial charge in [-0.25, -0.2) is 0 Å². The van der Waals surface area contributed by atoms with Crippen LogP contribution < -0.4 is 0 Å². The molecule has 1 aliphatic heterocycles. The Hall–Kier alpha value is -0.610. The molecular formula is C12H23NO3. The zero-order valence-corrected chi connectivity index (χ0v) is 10.5. The van der Waals surface area contributed by atoms with Gasteiger partial charge in [-0.2, -0.15) is 0 Å². The Morgan fingerprint density at radius 3 is 2.75 bits per heavy atom. The van der Waals surface area contributed by atoms with Crippen LogP contribution in [0, 0.1) is 5.92 Å². The van der Waals surface area contributed by atoms with Crippen LogP contribution in [0.3, 0.4) is 0 Å². The number of carbonyl (C=O) groups is 1. The van der Waals surface area contributed by atoms with Gasteiger partial charge in [0.1, 0.15) is 0 Å². The molecule has 1 aliphatic rings. The first-order valence-corrected chi connectivity index (χ1v) is 6.10. The highest BCUT2D eigenvalue weighted by molar-refractivity contribution is 5.69. The topological polar surface area (TPSA) is 49.8 Å². The molecule has 0 saturated carbocycles. The Bertz CT molecular complexity index is 232. The van der Waals surface area contributed by atoms with Gasteiger partial charge in [-0.3, -0.25) is 9.69 Å². The van der Waals surface area contributed by atoms with Gasteiger partial charge in [0.15, 0.2) is 0 Å². The Morgan fingerprint density at radius 1 is 1.56 bits per heavy atom. The van der Waals surface area contributed by atoms with Gasteiger partial charge in [-0.1, -0.05) is 6.92 Å². The maximum Gasteiger partial charge on any atom is 0.308 e. The zero-order chi connectivity index (χ0) is 12.1. The summed E-state index contributed by atoms with van der Waals surface area (Å²) in [5.41, 5.74) is 0. The van der Waals surface area contributed by atoms with E-state index in [1.165, 1.54) is 6.42 Å². The number of ether oxygens (including phenoxy) is 1. The Morgan fingerprint density at radius 2 is 2.25 bits per heavy atom. The average Bonchev–Trinajstić information content (AvgIpc) is 2.44. The predicted octanol–water partition coefficient (Wildman–Crippen LogP) is 1.03. The standard InChI is InChI=1S/C12H23NO3/c1-4-16-12(15)6-11(14)8-13-7-9(2)5-10(13)3/h9-11,14H,4-8H2,1-3H3. The highest BCUT2D eigenvalue weighted by atomic mass is 16.5. The number of β-amino-alcohol motifs (C(OH)–C–C–N with tert-alkyl or cyclic N) is 1. The fourth-order valence-corrected chi connectivity index (χ4v) is 2.39. The van der Waals surface area contributed by atoms with Crippen LogP contribution in [-0.4, -0.2) is 47.8 Å². The summed E-state index contributed by atoms with van der Waals surface area (Å²) in [7, 11) is 0. The van der Waals surface area contributed by atoms with Crippen molar-refractivity contribution in [3.8, 4) is 0 Å². The number of aliphatic hydroxyl groups is 1. The molecular weight excluding hydrogens is 206 g/mol. The molecule has 1 N–H and O–H groups in total. The van der Waals surface area contributed by atoms with E-state index in [1.807, 2.05) is 0 Å². The molecule has 1 rings (SSSR count). The first-order chi connectivity index (χ1) is 7.52. The second kappa shape index (κ2) is 6.21. The van der Waals surface area contributed by atoms with Crippen molar-refractivity contribution in [3.05, 3.63) is 0 Å². The lowest BCUT2D eigenvalue weighted by atomic mass is 10.1. The van der Waals surface area contributed by atoms with Gasteiger partial charge in [0, 0.05) is 19.1 Å². The first kappa shape index (κ1) is 13.5. The summed E-state index contributed by atoms with van der Waals surface area (Å²) in [4.78, 5) is 13.4. The van der Waals surface area contributed by atoms with Crippen molar-refractivity contribution in [1.82, 2.24) is 4.90 Å². The summed E-state index contributed by atoms with van der Waals surface area (Å²) in [5.74, 6) is 0.375. The second-order valence-corrected chi connectivity index (χ2v) is 4.81. The van der Waals surface area contributed by atoms with E-state index in [-0.39, 0.29) is 12.4 Å². The predicted molar refractivity (Wildman–Crippen MR) is 62.1 cm³/mol. The summed E-state index contributed by atoms with van der Waals surface area (Å²) in [6.45, 7) is 8.12. The molecule has 0 aromatic rings. The molecule has 3 unspecified atom stereocenters. The maximum atomic E-state index is 11.2. The molecule has 4 nitrogen and oxygen atoms in total. The summed E-state index contributed by atoms with van der Waals surface area (Å²) in [6, 6.07) is 0.506. The molecule has 0 radical (unpaired) electrons. The van der Waals surface area contributed by atoms with Gasteiger partial charge >= 0.3 is 5.97 Å². The fourth-order valence-electron chi connectivity index (χ4n) is 2.39. The molecule has 94 valence electrons. The van der Waals surface area contributed by atoms with Crippen LogP contribution in [0.2, 0.25) is 0 Å². The molecule has 0 aliphatic carbocycles. The summed E-state index contributed by atoms with van der Waals surface area (Å²) in [5, 5.41) is 9.77. The van der Waals surface area contributed by atoms with Gasteiger partial charge in [0.2, 0.25) is 0 Å². The summed E-state index contributed by atoms with van der Waals surface area (Å²) < 4.78 is 4.81. The van der Waals surface area contributed by atoms with Gasteiger partial charge in [-0.15, -0.1) is 0 Å². The molecule has 1 fully saturated rings. The molecule has 0 amide bonds. The smallest absolute Gasteiger partial charge is 0.308 e. The van der Waals surface area contributed by atoms with Crippen molar-refractivity contribution in [1.29, 1.82) is 0 Å². The Labute approximate surface area is 97.6 Å². The molecule has 0 spiro atoms. The van der Waals surface area contributed by atoms with Gasteiger partial charge in [-0.05, 0) is 26.2 Å². The Kier molecular flexibility index (Phi) is 5.22. The van der Waals surface area contributed by atoms with E-state index in [9.17, 15) is 9.90 Å². The van der Waals surface area contributed by atoms with E-state index in [1.54, 1.807) is 6.92 Å². The fraction of sp³-hybridized carbons (Fsp3) is 0.917. The molecule has 0 aromatic heterocycles. The molecule has 0 bridgehead atoms. The number of hydrogen-bond donors (Lipinski definition) is 1. The van der Waals surface area contributed by atoms with Gasteiger partial charge in [0.25, 0.3) is 0 Å². The lowest BCUT2D eigenvalue weighted by Crippen LogP contribution is -2.36. The highest BCUT2D eigenvalue weighted by Gasteiger charge is 2.28. The maximum absolute atomic E-state index is 11.2. The van der Waals surface area contributed by atoms with E-state index >= 15 is 0 Å². The van der Waals surface area contributed by atoms with Crippen molar-refractivity contribution >= 4 is 5.97 Å². The van der Waals surface area contributed by atoms with E-state index in [0.717, 1.165) is 6.54 Å². The average molecular weight is 229 g/mol. The van der Waals surface area contributed by atoms with Crippen LogP contribution in [0.15, 0.2) is 0 Å². The van der Waals surface area contributed by atoms with E-state index in [4.69, 9.17) is 4.74 Å².